The van der Waals surface area contributed by atoms with Crippen LogP contribution in [0.1, 0.15) is 6.92 Å². The summed E-state index contributed by atoms with van der Waals surface area (Å²) in [5.41, 5.74) is 5.73. The lowest BCUT2D eigenvalue weighted by Gasteiger charge is -2.26. The van der Waals surface area contributed by atoms with Crippen molar-refractivity contribution < 1.29 is 19.0 Å². The molecule has 1 heterocycles. The van der Waals surface area contributed by atoms with Gasteiger partial charge in [0.2, 0.25) is 0 Å². The van der Waals surface area contributed by atoms with Gasteiger partial charge in [-0.2, -0.15) is 11.8 Å². The molecule has 2 unspecified atom stereocenters. The van der Waals surface area contributed by atoms with Gasteiger partial charge in [-0.05, 0) is 19.1 Å². The number of ether oxygens (including phenoxy) is 3. The molecule has 1 aromatic carbocycles. The second kappa shape index (κ2) is 7.40. The fourth-order valence-electron chi connectivity index (χ4n) is 1.79. The van der Waals surface area contributed by atoms with E-state index >= 15 is 0 Å². The predicted octanol–water partition coefficient (Wildman–Crippen LogP) is 1.45. The molecule has 2 rings (SSSR count). The van der Waals surface area contributed by atoms with Gasteiger partial charge in [-0.3, -0.25) is 4.79 Å². The van der Waals surface area contributed by atoms with Crippen LogP contribution in [-0.2, 0) is 9.53 Å². The molecule has 0 spiro atoms. The molecule has 0 saturated carbocycles. The number of hydrogen-bond acceptors (Lipinski definition) is 6. The Balaban J connectivity index is 1.72. The van der Waals surface area contributed by atoms with Crippen molar-refractivity contribution in [2.75, 3.05) is 24.7 Å². The summed E-state index contributed by atoms with van der Waals surface area (Å²) in [6.07, 6.45) is -0.0238. The Labute approximate surface area is 122 Å². The van der Waals surface area contributed by atoms with E-state index in [9.17, 15) is 4.79 Å². The summed E-state index contributed by atoms with van der Waals surface area (Å²) in [5, 5.41) is 0. The predicted molar refractivity (Wildman–Crippen MR) is 78.3 cm³/mol. The van der Waals surface area contributed by atoms with Crippen LogP contribution in [0, 0.1) is 0 Å². The Morgan fingerprint density at radius 1 is 1.50 bits per heavy atom. The highest BCUT2D eigenvalue weighted by molar-refractivity contribution is 7.99. The van der Waals surface area contributed by atoms with Crippen LogP contribution in [0.5, 0.6) is 11.5 Å². The van der Waals surface area contributed by atoms with Gasteiger partial charge in [0, 0.05) is 11.5 Å². The number of carbonyl (C=O) groups is 1. The smallest absolute Gasteiger partial charge is 0.323 e. The molecule has 5 nitrogen and oxygen atoms in total. The maximum Gasteiger partial charge on any atom is 0.323 e. The maximum absolute atomic E-state index is 11.4. The van der Waals surface area contributed by atoms with Crippen LogP contribution in [0.3, 0.4) is 0 Å². The van der Waals surface area contributed by atoms with Crippen LogP contribution < -0.4 is 15.2 Å². The summed E-state index contributed by atoms with van der Waals surface area (Å²) in [6.45, 7) is 2.63. The van der Waals surface area contributed by atoms with E-state index in [1.165, 1.54) is 0 Å². The van der Waals surface area contributed by atoms with E-state index in [1.54, 1.807) is 18.7 Å². The van der Waals surface area contributed by atoms with E-state index in [4.69, 9.17) is 19.9 Å². The van der Waals surface area contributed by atoms with Crippen molar-refractivity contribution in [3.05, 3.63) is 24.3 Å². The van der Waals surface area contributed by atoms with E-state index < -0.39 is 6.04 Å². The zero-order chi connectivity index (χ0) is 14.4. The molecule has 2 N–H and O–H groups in total. The molecule has 0 radical (unpaired) electrons. The number of esters is 1. The van der Waals surface area contributed by atoms with Gasteiger partial charge in [-0.15, -0.1) is 0 Å². The van der Waals surface area contributed by atoms with Crippen LogP contribution in [-0.4, -0.2) is 42.8 Å². The first-order valence-electron chi connectivity index (χ1n) is 6.59. The Bertz CT molecular complexity index is 455. The molecule has 0 amide bonds. The maximum atomic E-state index is 11.4. The van der Waals surface area contributed by atoms with Crippen molar-refractivity contribution in [3.63, 3.8) is 0 Å². The average molecular weight is 297 g/mol. The zero-order valence-corrected chi connectivity index (χ0v) is 12.2. The molecule has 0 aromatic heterocycles. The summed E-state index contributed by atoms with van der Waals surface area (Å²) in [5.74, 6) is 2.42. The average Bonchev–Trinajstić information content (AvgIpc) is 2.47. The third-order valence-corrected chi connectivity index (χ3v) is 3.96. The molecule has 0 saturated heterocycles. The minimum atomic E-state index is -0.586. The van der Waals surface area contributed by atoms with E-state index in [0.717, 1.165) is 17.3 Å². The van der Waals surface area contributed by atoms with Crippen LogP contribution in [0.2, 0.25) is 0 Å². The fourth-order valence-corrected chi connectivity index (χ4v) is 2.74. The second-order valence-electron chi connectivity index (χ2n) is 4.39. The molecule has 2 atom stereocenters. The highest BCUT2D eigenvalue weighted by Crippen LogP contribution is 2.31. The van der Waals surface area contributed by atoms with Crippen molar-refractivity contribution in [1.82, 2.24) is 0 Å². The van der Waals surface area contributed by atoms with Gasteiger partial charge in [-0.1, -0.05) is 12.1 Å². The van der Waals surface area contributed by atoms with Crippen LogP contribution in [0.15, 0.2) is 24.3 Å². The summed E-state index contributed by atoms with van der Waals surface area (Å²) >= 11 is 1.57. The first kappa shape index (κ1) is 15.0. The first-order valence-corrected chi connectivity index (χ1v) is 7.74. The third kappa shape index (κ3) is 4.05. The standard InChI is InChI=1S/C14H19NO4S/c1-2-17-14(16)11(15)9-20-8-10-7-18-12-5-3-4-6-13(12)19-10/h3-6,10-11H,2,7-9,15H2,1H3. The van der Waals surface area contributed by atoms with E-state index in [-0.39, 0.29) is 12.1 Å². The van der Waals surface area contributed by atoms with Gasteiger partial charge >= 0.3 is 5.97 Å². The van der Waals surface area contributed by atoms with Crippen molar-refractivity contribution in [2.45, 2.75) is 19.1 Å². The molecule has 0 fully saturated rings. The van der Waals surface area contributed by atoms with Crippen molar-refractivity contribution >= 4 is 17.7 Å². The van der Waals surface area contributed by atoms with Gasteiger partial charge in [0.05, 0.1) is 6.61 Å². The number of fused-ring (bicyclic) bond motifs is 1. The van der Waals surface area contributed by atoms with Gasteiger partial charge in [0.25, 0.3) is 0 Å². The van der Waals surface area contributed by atoms with Crippen molar-refractivity contribution in [1.29, 1.82) is 0 Å². The molecule has 6 heteroatoms. The molecule has 1 aliphatic heterocycles. The Morgan fingerprint density at radius 2 is 2.25 bits per heavy atom. The topological polar surface area (TPSA) is 70.8 Å². The molecule has 1 aliphatic rings. The minimum Gasteiger partial charge on any atom is -0.486 e. The summed E-state index contributed by atoms with van der Waals surface area (Å²) < 4.78 is 16.3. The monoisotopic (exact) mass is 297 g/mol. The summed E-state index contributed by atoms with van der Waals surface area (Å²) in [4.78, 5) is 11.4. The van der Waals surface area contributed by atoms with Crippen molar-refractivity contribution in [2.24, 2.45) is 5.73 Å². The van der Waals surface area contributed by atoms with Crippen LogP contribution in [0.25, 0.3) is 0 Å². The normalized spacial score (nSPS) is 18.4. The highest BCUT2D eigenvalue weighted by Gasteiger charge is 2.21. The SMILES string of the molecule is CCOC(=O)C(N)CSCC1COc2ccccc2O1. The number of thioether (sulfide) groups is 1. The van der Waals surface area contributed by atoms with Gasteiger partial charge < -0.3 is 19.9 Å². The number of carbonyl (C=O) groups excluding carboxylic acids is 1. The van der Waals surface area contributed by atoms with Crippen LogP contribution >= 0.6 is 11.8 Å². The number of rotatable bonds is 6. The number of nitrogens with two attached hydrogens (primary N) is 1. The molecule has 1 aromatic rings. The summed E-state index contributed by atoms with van der Waals surface area (Å²) in [6, 6.07) is 7.01. The Kier molecular flexibility index (Phi) is 5.55. The molecular weight excluding hydrogens is 278 g/mol. The third-order valence-electron chi connectivity index (χ3n) is 2.76. The van der Waals surface area contributed by atoms with Crippen LogP contribution in [0.4, 0.5) is 0 Å². The van der Waals surface area contributed by atoms with E-state index in [0.29, 0.717) is 19.0 Å². The minimum absolute atomic E-state index is 0.0238. The van der Waals surface area contributed by atoms with Gasteiger partial charge in [0.15, 0.2) is 11.5 Å². The van der Waals surface area contributed by atoms with Gasteiger partial charge in [0.1, 0.15) is 18.8 Å². The lowest BCUT2D eigenvalue weighted by molar-refractivity contribution is -0.144. The quantitative estimate of drug-likeness (QED) is 0.801. The zero-order valence-electron chi connectivity index (χ0n) is 11.4. The van der Waals surface area contributed by atoms with Crippen molar-refractivity contribution in [3.8, 4) is 11.5 Å². The largest absolute Gasteiger partial charge is 0.486 e. The fraction of sp³-hybridized carbons (Fsp3) is 0.500. The molecule has 20 heavy (non-hydrogen) atoms. The number of para-hydroxylation sites is 2. The van der Waals surface area contributed by atoms with Gasteiger partial charge in [-0.25, -0.2) is 0 Å². The number of benzene rings is 1. The summed E-state index contributed by atoms with van der Waals surface area (Å²) in [7, 11) is 0. The van der Waals surface area contributed by atoms with E-state index in [1.807, 2.05) is 24.3 Å². The first-order chi connectivity index (χ1) is 9.70. The number of hydrogen-bond donors (Lipinski definition) is 1. The Hall–Kier alpha value is -1.40. The lowest BCUT2D eigenvalue weighted by Crippen LogP contribution is -2.36. The highest BCUT2D eigenvalue weighted by atomic mass is 32.2. The molecular formula is C14H19NO4S. The lowest BCUT2D eigenvalue weighted by atomic mass is 10.3. The Morgan fingerprint density at radius 3 is 3.00 bits per heavy atom. The van der Waals surface area contributed by atoms with E-state index in [2.05, 4.69) is 0 Å². The molecule has 110 valence electrons. The molecule has 0 bridgehead atoms. The molecule has 0 aliphatic carbocycles. The second-order valence-corrected chi connectivity index (χ2v) is 5.47.